The second-order valence-corrected chi connectivity index (χ2v) is 10.9. The van der Waals surface area contributed by atoms with E-state index in [-0.39, 0.29) is 6.42 Å². The van der Waals surface area contributed by atoms with Crippen molar-refractivity contribution in [1.29, 1.82) is 0 Å². The predicted octanol–water partition coefficient (Wildman–Crippen LogP) is 6.47. The number of fused-ring (bicyclic) bond motifs is 1. The molecule has 0 unspecified atom stereocenters. The summed E-state index contributed by atoms with van der Waals surface area (Å²) in [5.74, 6) is 0.0385. The summed E-state index contributed by atoms with van der Waals surface area (Å²) in [6.07, 6.45) is 1.12. The lowest BCUT2D eigenvalue weighted by atomic mass is 10.2. The van der Waals surface area contributed by atoms with E-state index in [9.17, 15) is 9.59 Å². The number of aromatic nitrogens is 4. The molecule has 3 aromatic heterocycles. The summed E-state index contributed by atoms with van der Waals surface area (Å²) in [6.45, 7) is 0. The number of rotatable bonds is 8. The van der Waals surface area contributed by atoms with Gasteiger partial charge in [-0.25, -0.2) is 9.97 Å². The van der Waals surface area contributed by atoms with Crippen molar-refractivity contribution in [2.45, 2.75) is 6.42 Å². The molecule has 14 heteroatoms. The van der Waals surface area contributed by atoms with Crippen molar-refractivity contribution in [1.82, 2.24) is 20.2 Å². The normalized spacial score (nSPS) is 10.7. The van der Waals surface area contributed by atoms with Crippen LogP contribution in [0.2, 0.25) is 0 Å². The first-order valence-corrected chi connectivity index (χ1v) is 13.5. The molecule has 0 spiro atoms. The van der Waals surface area contributed by atoms with Gasteiger partial charge in [0.15, 0.2) is 3.95 Å². The second-order valence-electron chi connectivity index (χ2n) is 7.46. The minimum Gasteiger partial charge on any atom is -0.438 e. The van der Waals surface area contributed by atoms with Crippen LogP contribution in [0.5, 0.6) is 11.6 Å². The Morgan fingerprint density at radius 2 is 1.68 bits per heavy atom. The SMILES string of the molecule is O=C(CC(=O)Nc1ccc(Oc2ncnc3scc(Nc4n[nH]c(=S)s4)c23)cc1)Nc1ccc(Br)cc1. The molecule has 0 aliphatic heterocycles. The molecule has 3 heterocycles. The lowest BCUT2D eigenvalue weighted by molar-refractivity contribution is -0.123. The molecule has 0 bridgehead atoms. The van der Waals surface area contributed by atoms with Gasteiger partial charge in [0.2, 0.25) is 22.8 Å². The molecule has 10 nitrogen and oxygen atoms in total. The number of nitrogens with zero attached hydrogens (tertiary/aromatic N) is 3. The van der Waals surface area contributed by atoms with Crippen LogP contribution in [-0.2, 0) is 9.59 Å². The van der Waals surface area contributed by atoms with Crippen LogP contribution in [0.15, 0.2) is 64.7 Å². The summed E-state index contributed by atoms with van der Waals surface area (Å²) in [5, 5.41) is 18.7. The number of aromatic amines is 1. The van der Waals surface area contributed by atoms with Crippen molar-refractivity contribution in [3.8, 4) is 11.6 Å². The smallest absolute Gasteiger partial charge is 0.233 e. The zero-order valence-corrected chi connectivity index (χ0v) is 22.7. The number of amides is 2. The summed E-state index contributed by atoms with van der Waals surface area (Å²) < 4.78 is 7.48. The fourth-order valence-corrected chi connectivity index (χ4v) is 5.12. The lowest BCUT2D eigenvalue weighted by Gasteiger charge is -2.09. The standard InChI is InChI=1S/C23H16BrN7O3S3/c24-12-1-3-13(4-2-12)27-17(32)9-18(33)28-14-5-7-15(8-6-14)34-20-19-16(10-36-21(19)26-11-25-20)29-22-30-31-23(35)37-22/h1-8,10-11H,9H2,(H,27,32)(H,28,33)(H,29,30)(H,31,35). The Labute approximate surface area is 231 Å². The second kappa shape index (κ2) is 11.1. The number of anilines is 4. The summed E-state index contributed by atoms with van der Waals surface area (Å²) in [6, 6.07) is 13.9. The van der Waals surface area contributed by atoms with Crippen LogP contribution in [0.4, 0.5) is 22.2 Å². The topological polar surface area (TPSA) is 134 Å². The fraction of sp³-hybridized carbons (Fsp3) is 0.0435. The third-order valence-electron chi connectivity index (χ3n) is 4.82. The molecule has 186 valence electrons. The molecule has 5 rings (SSSR count). The van der Waals surface area contributed by atoms with E-state index < -0.39 is 11.8 Å². The van der Waals surface area contributed by atoms with Crippen molar-refractivity contribution in [3.63, 3.8) is 0 Å². The van der Waals surface area contributed by atoms with Gasteiger partial charge in [-0.3, -0.25) is 14.7 Å². The van der Waals surface area contributed by atoms with Crippen molar-refractivity contribution in [3.05, 3.63) is 68.7 Å². The van der Waals surface area contributed by atoms with E-state index in [2.05, 4.69) is 52.0 Å². The number of nitrogens with one attached hydrogen (secondary N) is 4. The first kappa shape index (κ1) is 25.0. The molecule has 0 atom stereocenters. The lowest BCUT2D eigenvalue weighted by Crippen LogP contribution is -2.21. The monoisotopic (exact) mass is 613 g/mol. The van der Waals surface area contributed by atoms with E-state index >= 15 is 0 Å². The first-order chi connectivity index (χ1) is 17.9. The molecular weight excluding hydrogens is 598 g/mol. The molecule has 2 amide bonds. The number of thiophene rings is 1. The highest BCUT2D eigenvalue weighted by molar-refractivity contribution is 9.10. The van der Waals surface area contributed by atoms with Gasteiger partial charge in [0, 0.05) is 21.2 Å². The molecule has 5 aromatic rings. The Morgan fingerprint density at radius 1 is 1.00 bits per heavy atom. The molecule has 0 radical (unpaired) electrons. The van der Waals surface area contributed by atoms with Crippen LogP contribution in [0.25, 0.3) is 10.2 Å². The molecule has 0 saturated heterocycles. The van der Waals surface area contributed by atoms with Crippen molar-refractivity contribution in [2.75, 3.05) is 16.0 Å². The summed E-state index contributed by atoms with van der Waals surface area (Å²) in [7, 11) is 0. The quantitative estimate of drug-likeness (QED) is 0.115. The minimum absolute atomic E-state index is 0.314. The third kappa shape index (κ3) is 6.35. The van der Waals surface area contributed by atoms with Gasteiger partial charge >= 0.3 is 0 Å². The maximum Gasteiger partial charge on any atom is 0.233 e. The average Bonchev–Trinajstić information content (AvgIpc) is 3.48. The van der Waals surface area contributed by atoms with Crippen LogP contribution in [0, 0.1) is 3.95 Å². The third-order valence-corrected chi connectivity index (χ3v) is 7.24. The van der Waals surface area contributed by atoms with Crippen LogP contribution in [-0.4, -0.2) is 32.0 Å². The number of hydrogen-bond acceptors (Lipinski definition) is 10. The largest absolute Gasteiger partial charge is 0.438 e. The van der Waals surface area contributed by atoms with Crippen molar-refractivity contribution in [2.24, 2.45) is 0 Å². The highest BCUT2D eigenvalue weighted by Crippen LogP contribution is 2.38. The summed E-state index contributed by atoms with van der Waals surface area (Å²) in [4.78, 5) is 33.8. The van der Waals surface area contributed by atoms with Gasteiger partial charge in [-0.05, 0) is 60.7 Å². The number of benzene rings is 2. The van der Waals surface area contributed by atoms with E-state index in [1.165, 1.54) is 29.0 Å². The Balaban J connectivity index is 1.22. The number of hydrogen-bond donors (Lipinski definition) is 4. The van der Waals surface area contributed by atoms with Gasteiger partial charge in [-0.2, -0.15) is 0 Å². The van der Waals surface area contributed by atoms with E-state index in [1.54, 1.807) is 48.5 Å². The van der Waals surface area contributed by atoms with Gasteiger partial charge in [-0.1, -0.05) is 27.3 Å². The van der Waals surface area contributed by atoms with Crippen LogP contribution in [0.1, 0.15) is 6.42 Å². The van der Waals surface area contributed by atoms with Gasteiger partial charge in [0.25, 0.3) is 0 Å². The van der Waals surface area contributed by atoms with E-state index in [0.29, 0.717) is 37.5 Å². The number of halogens is 1. The highest BCUT2D eigenvalue weighted by Gasteiger charge is 2.15. The molecule has 0 aliphatic carbocycles. The van der Waals surface area contributed by atoms with Crippen LogP contribution < -0.4 is 20.7 Å². The van der Waals surface area contributed by atoms with Crippen LogP contribution >= 0.6 is 50.8 Å². The number of carbonyl (C=O) groups is 2. The Hall–Kier alpha value is -3.72. The van der Waals surface area contributed by atoms with Crippen molar-refractivity contribution < 1.29 is 14.3 Å². The van der Waals surface area contributed by atoms with Gasteiger partial charge in [0.05, 0.1) is 11.1 Å². The van der Waals surface area contributed by atoms with Gasteiger partial charge in [0.1, 0.15) is 23.3 Å². The van der Waals surface area contributed by atoms with E-state index in [4.69, 9.17) is 17.0 Å². The number of carbonyl (C=O) groups excluding carboxylic acids is 2. The Kier molecular flexibility index (Phi) is 7.50. The molecule has 0 fully saturated rings. The molecule has 2 aromatic carbocycles. The summed E-state index contributed by atoms with van der Waals surface area (Å²) in [5.41, 5.74) is 1.89. The molecule has 4 N–H and O–H groups in total. The maximum absolute atomic E-state index is 12.3. The molecule has 0 aliphatic rings. The molecule has 0 saturated carbocycles. The fourth-order valence-electron chi connectivity index (χ4n) is 3.22. The Morgan fingerprint density at radius 3 is 2.32 bits per heavy atom. The zero-order valence-electron chi connectivity index (χ0n) is 18.6. The molecule has 37 heavy (non-hydrogen) atoms. The van der Waals surface area contributed by atoms with Gasteiger partial charge < -0.3 is 20.7 Å². The van der Waals surface area contributed by atoms with Crippen molar-refractivity contribution >= 4 is 95.0 Å². The maximum atomic E-state index is 12.3. The number of H-pyrrole nitrogens is 1. The molecular formula is C23H16BrN7O3S3. The highest BCUT2D eigenvalue weighted by atomic mass is 79.9. The van der Waals surface area contributed by atoms with E-state index in [1.807, 2.05) is 5.38 Å². The Bertz CT molecular complexity index is 1630. The minimum atomic E-state index is -0.434. The van der Waals surface area contributed by atoms with Gasteiger partial charge in [-0.15, -0.1) is 16.4 Å². The summed E-state index contributed by atoms with van der Waals surface area (Å²) >= 11 is 11.2. The van der Waals surface area contributed by atoms with E-state index in [0.717, 1.165) is 15.0 Å². The number of ether oxygens (including phenoxy) is 1. The predicted molar refractivity (Wildman–Crippen MR) is 151 cm³/mol. The zero-order chi connectivity index (χ0) is 25.8. The van der Waals surface area contributed by atoms with Crippen LogP contribution in [0.3, 0.4) is 0 Å². The first-order valence-electron chi connectivity index (χ1n) is 10.6. The average molecular weight is 615 g/mol.